The third kappa shape index (κ3) is 3.80. The van der Waals surface area contributed by atoms with Crippen LogP contribution in [0.25, 0.3) is 0 Å². The highest BCUT2D eigenvalue weighted by Crippen LogP contribution is 2.18. The molecule has 112 valence electrons. The maximum Gasteiger partial charge on any atom is 0.242 e. The first-order chi connectivity index (χ1) is 9.89. The Hall–Kier alpha value is -1.92. The van der Waals surface area contributed by atoms with Crippen LogP contribution in [0.1, 0.15) is 5.56 Å². The lowest BCUT2D eigenvalue weighted by Crippen LogP contribution is -2.22. The standard InChI is InChI=1S/C15H17FN2O2S/c1-18(2)21(19,20)15-8-4-7-14(10-15)17-11-12-5-3-6-13(16)9-12/h3-10,17H,11H2,1-2H3. The molecule has 1 N–H and O–H groups in total. The quantitative estimate of drug-likeness (QED) is 0.924. The highest BCUT2D eigenvalue weighted by atomic mass is 32.2. The van der Waals surface area contributed by atoms with E-state index in [9.17, 15) is 12.8 Å². The fourth-order valence-electron chi connectivity index (χ4n) is 1.83. The van der Waals surface area contributed by atoms with E-state index in [0.717, 1.165) is 5.56 Å². The maximum absolute atomic E-state index is 13.1. The van der Waals surface area contributed by atoms with Crippen LogP contribution < -0.4 is 5.32 Å². The Morgan fingerprint density at radius 3 is 2.48 bits per heavy atom. The lowest BCUT2D eigenvalue weighted by molar-refractivity contribution is 0.521. The van der Waals surface area contributed by atoms with Crippen LogP contribution in [0, 0.1) is 5.82 Å². The molecule has 0 bridgehead atoms. The van der Waals surface area contributed by atoms with Crippen molar-refractivity contribution < 1.29 is 12.8 Å². The number of nitrogens with one attached hydrogen (secondary N) is 1. The summed E-state index contributed by atoms with van der Waals surface area (Å²) < 4.78 is 38.4. The smallest absolute Gasteiger partial charge is 0.242 e. The van der Waals surface area contributed by atoms with Gasteiger partial charge in [-0.15, -0.1) is 0 Å². The number of hydrogen-bond acceptors (Lipinski definition) is 3. The summed E-state index contributed by atoms with van der Waals surface area (Å²) in [6.45, 7) is 0.420. The summed E-state index contributed by atoms with van der Waals surface area (Å²) in [7, 11) is -0.479. The molecule has 4 nitrogen and oxygen atoms in total. The monoisotopic (exact) mass is 308 g/mol. The number of benzene rings is 2. The molecule has 0 heterocycles. The summed E-state index contributed by atoms with van der Waals surface area (Å²) in [6.07, 6.45) is 0. The summed E-state index contributed by atoms with van der Waals surface area (Å²) >= 11 is 0. The molecule has 0 aliphatic carbocycles. The first-order valence-electron chi connectivity index (χ1n) is 6.40. The molecule has 0 atom stereocenters. The van der Waals surface area contributed by atoms with Gasteiger partial charge in [0.15, 0.2) is 0 Å². The van der Waals surface area contributed by atoms with Gasteiger partial charge in [-0.2, -0.15) is 0 Å². The van der Waals surface area contributed by atoms with Crippen molar-refractivity contribution in [2.75, 3.05) is 19.4 Å². The Labute approximate surface area is 124 Å². The molecular weight excluding hydrogens is 291 g/mol. The molecule has 0 aromatic heterocycles. The SMILES string of the molecule is CN(C)S(=O)(=O)c1cccc(NCc2cccc(F)c2)c1. The molecule has 0 saturated heterocycles. The predicted octanol–water partition coefficient (Wildman–Crippen LogP) is 2.69. The Morgan fingerprint density at radius 2 is 1.81 bits per heavy atom. The van der Waals surface area contributed by atoms with E-state index in [1.165, 1.54) is 30.5 Å². The zero-order valence-corrected chi connectivity index (χ0v) is 12.7. The molecule has 0 spiro atoms. The molecule has 2 aromatic carbocycles. The number of halogens is 1. The van der Waals surface area contributed by atoms with Crippen LogP contribution in [0.15, 0.2) is 53.4 Å². The van der Waals surface area contributed by atoms with Crippen LogP contribution in [0.3, 0.4) is 0 Å². The van der Waals surface area contributed by atoms with Crippen LogP contribution in [-0.2, 0) is 16.6 Å². The summed E-state index contributed by atoms with van der Waals surface area (Å²) in [5, 5.41) is 3.09. The number of rotatable bonds is 5. The molecule has 0 amide bonds. The molecule has 0 unspecified atom stereocenters. The summed E-state index contributed by atoms with van der Waals surface area (Å²) in [5.74, 6) is -0.293. The van der Waals surface area contributed by atoms with Gasteiger partial charge in [0.05, 0.1) is 4.90 Å². The van der Waals surface area contributed by atoms with Gasteiger partial charge >= 0.3 is 0 Å². The molecule has 0 aliphatic rings. The highest BCUT2D eigenvalue weighted by Gasteiger charge is 2.17. The minimum Gasteiger partial charge on any atom is -0.381 e. The van der Waals surface area contributed by atoms with Gasteiger partial charge in [-0.05, 0) is 35.9 Å². The van der Waals surface area contributed by atoms with Crippen molar-refractivity contribution >= 4 is 15.7 Å². The van der Waals surface area contributed by atoms with Crippen molar-refractivity contribution in [3.8, 4) is 0 Å². The Kier molecular flexibility index (Phi) is 4.59. The average molecular weight is 308 g/mol. The second-order valence-electron chi connectivity index (χ2n) is 4.80. The highest BCUT2D eigenvalue weighted by molar-refractivity contribution is 7.89. The molecule has 0 radical (unpaired) electrons. The third-order valence-electron chi connectivity index (χ3n) is 3.00. The van der Waals surface area contributed by atoms with Gasteiger partial charge in [0.25, 0.3) is 0 Å². The van der Waals surface area contributed by atoms with Gasteiger partial charge in [0.2, 0.25) is 10.0 Å². The van der Waals surface area contributed by atoms with Gasteiger partial charge in [0.1, 0.15) is 5.82 Å². The van der Waals surface area contributed by atoms with Crippen LogP contribution >= 0.6 is 0 Å². The third-order valence-corrected chi connectivity index (χ3v) is 4.81. The molecule has 0 aliphatic heterocycles. The second kappa shape index (κ2) is 6.24. The van der Waals surface area contributed by atoms with E-state index >= 15 is 0 Å². The zero-order chi connectivity index (χ0) is 15.5. The molecule has 21 heavy (non-hydrogen) atoms. The van der Waals surface area contributed by atoms with Gasteiger partial charge in [0, 0.05) is 26.3 Å². The van der Waals surface area contributed by atoms with E-state index in [4.69, 9.17) is 0 Å². The van der Waals surface area contributed by atoms with Crippen LogP contribution in [-0.4, -0.2) is 26.8 Å². The average Bonchev–Trinajstić information content (AvgIpc) is 2.45. The number of hydrogen-bond donors (Lipinski definition) is 1. The maximum atomic E-state index is 13.1. The second-order valence-corrected chi connectivity index (χ2v) is 6.95. The molecule has 0 fully saturated rings. The Morgan fingerprint density at radius 1 is 1.10 bits per heavy atom. The van der Waals surface area contributed by atoms with Crippen molar-refractivity contribution in [2.45, 2.75) is 11.4 Å². The Bertz CT molecular complexity index is 730. The van der Waals surface area contributed by atoms with Gasteiger partial charge in [-0.1, -0.05) is 18.2 Å². The van der Waals surface area contributed by atoms with Crippen LogP contribution in [0.2, 0.25) is 0 Å². The number of nitrogens with zero attached hydrogens (tertiary/aromatic N) is 1. The Balaban J connectivity index is 2.15. The number of anilines is 1. The largest absolute Gasteiger partial charge is 0.381 e. The fraction of sp³-hybridized carbons (Fsp3) is 0.200. The lowest BCUT2D eigenvalue weighted by atomic mass is 10.2. The van der Waals surface area contributed by atoms with E-state index < -0.39 is 10.0 Å². The first-order valence-corrected chi connectivity index (χ1v) is 7.84. The minimum atomic E-state index is -3.46. The lowest BCUT2D eigenvalue weighted by Gasteiger charge is -2.13. The van der Waals surface area contributed by atoms with Crippen molar-refractivity contribution in [1.82, 2.24) is 4.31 Å². The van der Waals surface area contributed by atoms with Crippen molar-refractivity contribution in [3.63, 3.8) is 0 Å². The van der Waals surface area contributed by atoms with Gasteiger partial charge < -0.3 is 5.32 Å². The van der Waals surface area contributed by atoms with E-state index in [1.807, 2.05) is 0 Å². The molecule has 2 aromatic rings. The van der Waals surface area contributed by atoms with E-state index in [0.29, 0.717) is 12.2 Å². The fourth-order valence-corrected chi connectivity index (χ4v) is 2.78. The normalized spacial score (nSPS) is 11.6. The zero-order valence-electron chi connectivity index (χ0n) is 11.9. The van der Waals surface area contributed by atoms with E-state index in [2.05, 4.69) is 5.32 Å². The molecule has 2 rings (SSSR count). The minimum absolute atomic E-state index is 0.219. The molecule has 6 heteroatoms. The topological polar surface area (TPSA) is 49.4 Å². The summed E-state index contributed by atoms with van der Waals surface area (Å²) in [4.78, 5) is 0.219. The van der Waals surface area contributed by atoms with Crippen LogP contribution in [0.4, 0.5) is 10.1 Å². The summed E-state index contributed by atoms with van der Waals surface area (Å²) in [5.41, 5.74) is 1.46. The van der Waals surface area contributed by atoms with Crippen molar-refractivity contribution in [1.29, 1.82) is 0 Å². The number of sulfonamides is 1. The van der Waals surface area contributed by atoms with Crippen LogP contribution in [0.5, 0.6) is 0 Å². The predicted molar refractivity (Wildman–Crippen MR) is 81.0 cm³/mol. The van der Waals surface area contributed by atoms with E-state index in [1.54, 1.807) is 36.4 Å². The first kappa shape index (κ1) is 15.5. The van der Waals surface area contributed by atoms with Crippen molar-refractivity contribution in [2.24, 2.45) is 0 Å². The van der Waals surface area contributed by atoms with E-state index in [-0.39, 0.29) is 10.7 Å². The molecular formula is C15H17FN2O2S. The van der Waals surface area contributed by atoms with Crippen molar-refractivity contribution in [3.05, 3.63) is 59.9 Å². The molecule has 0 saturated carbocycles. The van der Waals surface area contributed by atoms with Gasteiger partial charge in [-0.3, -0.25) is 0 Å². The summed E-state index contributed by atoms with van der Waals surface area (Å²) in [6, 6.07) is 12.8. The van der Waals surface area contributed by atoms with Gasteiger partial charge in [-0.25, -0.2) is 17.1 Å².